The van der Waals surface area contributed by atoms with E-state index < -0.39 is 0 Å². The zero-order chi connectivity index (χ0) is 17.1. The lowest BCUT2D eigenvalue weighted by molar-refractivity contribution is -0.113. The summed E-state index contributed by atoms with van der Waals surface area (Å²) in [6.07, 6.45) is 5.30. The fourth-order valence-electron chi connectivity index (χ4n) is 2.71. The Hall–Kier alpha value is -2.80. The largest absolute Gasteiger partial charge is 0.489 e. The maximum absolute atomic E-state index is 11.8. The van der Waals surface area contributed by atoms with Crippen molar-refractivity contribution in [3.8, 4) is 5.75 Å². The molecular formula is C18H16N4O2S. The highest BCUT2D eigenvalue weighted by molar-refractivity contribution is 8.00. The molecule has 0 bridgehead atoms. The lowest BCUT2D eigenvalue weighted by Crippen LogP contribution is -2.12. The molecule has 1 aromatic carbocycles. The number of carbonyl (C=O) groups excluding carboxylic acids is 1. The number of nitrogens with zero attached hydrogens (tertiary/aromatic N) is 2. The van der Waals surface area contributed by atoms with E-state index in [0.717, 1.165) is 22.4 Å². The second-order valence-electron chi connectivity index (χ2n) is 5.66. The van der Waals surface area contributed by atoms with Crippen LogP contribution >= 0.6 is 11.8 Å². The number of H-pyrrole nitrogens is 1. The third-order valence-electron chi connectivity index (χ3n) is 3.89. The minimum Gasteiger partial charge on any atom is -0.489 e. The number of fused-ring (bicyclic) bond motifs is 1. The number of thioether (sulfide) groups is 1. The Morgan fingerprint density at radius 3 is 3.08 bits per heavy atom. The van der Waals surface area contributed by atoms with Crippen LogP contribution in [0, 0.1) is 0 Å². The number of aromatic amines is 1. The van der Waals surface area contributed by atoms with Gasteiger partial charge >= 0.3 is 0 Å². The van der Waals surface area contributed by atoms with Gasteiger partial charge in [0.25, 0.3) is 0 Å². The van der Waals surface area contributed by atoms with E-state index >= 15 is 0 Å². The van der Waals surface area contributed by atoms with E-state index in [1.807, 2.05) is 36.4 Å². The molecule has 3 heterocycles. The maximum Gasteiger partial charge on any atom is 0.235 e. The van der Waals surface area contributed by atoms with Gasteiger partial charge in [0, 0.05) is 23.5 Å². The van der Waals surface area contributed by atoms with Crippen molar-refractivity contribution in [1.82, 2.24) is 15.2 Å². The Kier molecular flexibility index (Phi) is 4.39. The number of rotatable bonds is 4. The quantitative estimate of drug-likeness (QED) is 0.754. The number of benzene rings is 1. The van der Waals surface area contributed by atoms with Crippen LogP contribution in [0.2, 0.25) is 0 Å². The van der Waals surface area contributed by atoms with E-state index in [1.165, 1.54) is 0 Å². The molecule has 0 radical (unpaired) electrons. The van der Waals surface area contributed by atoms with Gasteiger partial charge in [0.1, 0.15) is 18.2 Å². The summed E-state index contributed by atoms with van der Waals surface area (Å²) in [5.74, 6) is 1.83. The molecule has 2 N–H and O–H groups in total. The third kappa shape index (κ3) is 3.51. The molecule has 1 aliphatic rings. The van der Waals surface area contributed by atoms with Crippen molar-refractivity contribution in [1.29, 1.82) is 0 Å². The Morgan fingerprint density at radius 2 is 2.20 bits per heavy atom. The van der Waals surface area contributed by atoms with Gasteiger partial charge in [0.15, 0.2) is 0 Å². The summed E-state index contributed by atoms with van der Waals surface area (Å²) in [6.45, 7) is 0.464. The minimum absolute atomic E-state index is 0.0228. The Morgan fingerprint density at radius 1 is 1.24 bits per heavy atom. The normalized spacial score (nSPS) is 16.6. The van der Waals surface area contributed by atoms with E-state index in [4.69, 9.17) is 4.74 Å². The number of hydrogen-bond acceptors (Lipinski definition) is 5. The molecule has 3 aromatic rings. The summed E-state index contributed by atoms with van der Waals surface area (Å²) in [7, 11) is 0. The smallest absolute Gasteiger partial charge is 0.235 e. The maximum atomic E-state index is 11.8. The van der Waals surface area contributed by atoms with E-state index in [2.05, 4.69) is 20.5 Å². The van der Waals surface area contributed by atoms with Crippen LogP contribution < -0.4 is 10.1 Å². The van der Waals surface area contributed by atoms with Gasteiger partial charge in [0.2, 0.25) is 5.91 Å². The van der Waals surface area contributed by atoms with Gasteiger partial charge in [-0.15, -0.1) is 11.8 Å². The van der Waals surface area contributed by atoms with E-state index in [9.17, 15) is 4.79 Å². The number of pyridine rings is 1. The van der Waals surface area contributed by atoms with Crippen molar-refractivity contribution in [2.75, 3.05) is 11.1 Å². The highest BCUT2D eigenvalue weighted by atomic mass is 32.2. The van der Waals surface area contributed by atoms with Gasteiger partial charge in [-0.3, -0.25) is 14.9 Å². The van der Waals surface area contributed by atoms with Crippen molar-refractivity contribution in [2.45, 2.75) is 11.9 Å². The van der Waals surface area contributed by atoms with Crippen LogP contribution in [0.25, 0.3) is 0 Å². The van der Waals surface area contributed by atoms with Gasteiger partial charge in [-0.2, -0.15) is 5.10 Å². The fourth-order valence-corrected chi connectivity index (χ4v) is 3.80. The first-order chi connectivity index (χ1) is 12.3. The predicted molar refractivity (Wildman–Crippen MR) is 96.5 cm³/mol. The molecule has 7 heteroatoms. The second kappa shape index (κ2) is 6.98. The summed E-state index contributed by atoms with van der Waals surface area (Å²) in [6, 6.07) is 11.8. The number of nitrogens with one attached hydrogen (secondary N) is 2. The molecule has 126 valence electrons. The number of ether oxygens (including phenoxy) is 1. The Bertz CT molecular complexity index is 882. The van der Waals surface area contributed by atoms with Crippen LogP contribution in [0.1, 0.15) is 21.9 Å². The summed E-state index contributed by atoms with van der Waals surface area (Å²) in [5.41, 5.74) is 3.07. The monoisotopic (exact) mass is 352 g/mol. The van der Waals surface area contributed by atoms with Gasteiger partial charge in [0.05, 0.1) is 17.2 Å². The number of anilines is 1. The minimum atomic E-state index is -0.0259. The number of aromatic nitrogens is 3. The van der Waals surface area contributed by atoms with Crippen LogP contribution in [0.15, 0.2) is 55.0 Å². The highest BCUT2D eigenvalue weighted by Gasteiger charge is 2.25. The molecule has 0 spiro atoms. The number of carbonyl (C=O) groups is 1. The summed E-state index contributed by atoms with van der Waals surface area (Å²) >= 11 is 1.58. The Labute approximate surface area is 149 Å². The topological polar surface area (TPSA) is 79.9 Å². The van der Waals surface area contributed by atoms with Crippen LogP contribution in [0.3, 0.4) is 0 Å². The zero-order valence-corrected chi connectivity index (χ0v) is 14.1. The second-order valence-corrected chi connectivity index (χ2v) is 6.76. The molecule has 0 saturated heterocycles. The van der Waals surface area contributed by atoms with Crippen LogP contribution in [-0.2, 0) is 11.4 Å². The third-order valence-corrected chi connectivity index (χ3v) is 5.17. The van der Waals surface area contributed by atoms with Crippen LogP contribution in [-0.4, -0.2) is 26.8 Å². The molecule has 6 nitrogen and oxygen atoms in total. The molecule has 1 aliphatic heterocycles. The summed E-state index contributed by atoms with van der Waals surface area (Å²) < 4.78 is 5.89. The van der Waals surface area contributed by atoms with E-state index in [0.29, 0.717) is 18.2 Å². The number of amides is 1. The first kappa shape index (κ1) is 15.7. The van der Waals surface area contributed by atoms with E-state index in [1.54, 1.807) is 30.4 Å². The van der Waals surface area contributed by atoms with Gasteiger partial charge in [-0.25, -0.2) is 0 Å². The molecule has 0 fully saturated rings. The van der Waals surface area contributed by atoms with Gasteiger partial charge in [-0.05, 0) is 23.8 Å². The average Bonchev–Trinajstić information content (AvgIpc) is 3.03. The molecule has 0 aliphatic carbocycles. The van der Waals surface area contributed by atoms with Crippen LogP contribution in [0.5, 0.6) is 5.75 Å². The molecule has 4 rings (SSSR count). The number of hydrogen-bond donors (Lipinski definition) is 2. The molecule has 1 amide bonds. The zero-order valence-electron chi connectivity index (χ0n) is 13.3. The molecular weight excluding hydrogens is 336 g/mol. The van der Waals surface area contributed by atoms with Crippen molar-refractivity contribution in [3.63, 3.8) is 0 Å². The van der Waals surface area contributed by atoms with Crippen molar-refractivity contribution < 1.29 is 9.53 Å². The lowest BCUT2D eigenvalue weighted by atomic mass is 10.1. The van der Waals surface area contributed by atoms with Crippen molar-refractivity contribution >= 4 is 23.5 Å². The predicted octanol–water partition coefficient (Wildman–Crippen LogP) is 3.16. The first-order valence-corrected chi connectivity index (χ1v) is 8.91. The first-order valence-electron chi connectivity index (χ1n) is 7.86. The molecule has 0 unspecified atom stereocenters. The lowest BCUT2D eigenvalue weighted by Gasteiger charge is -2.15. The SMILES string of the molecule is O=C1CS[C@@H](c2cccc(OCc3cccnc3)c2)c2cn[nH]c2N1. The highest BCUT2D eigenvalue weighted by Crippen LogP contribution is 2.41. The van der Waals surface area contributed by atoms with Crippen LogP contribution in [0.4, 0.5) is 5.82 Å². The molecule has 2 aromatic heterocycles. The molecule has 25 heavy (non-hydrogen) atoms. The van der Waals surface area contributed by atoms with Crippen molar-refractivity contribution in [2.24, 2.45) is 0 Å². The Balaban J connectivity index is 1.56. The standard InChI is InChI=1S/C18H16N4O2S/c23-16-11-25-17(15-9-20-22-18(15)21-16)13-4-1-5-14(7-13)24-10-12-3-2-6-19-8-12/h1-9,17H,10-11H2,(H2,20,21,22,23)/t17-/m0/s1. The van der Waals surface area contributed by atoms with Gasteiger partial charge < -0.3 is 10.1 Å². The molecule has 1 atom stereocenters. The fraction of sp³-hybridized carbons (Fsp3) is 0.167. The van der Waals surface area contributed by atoms with Gasteiger partial charge in [-0.1, -0.05) is 18.2 Å². The average molecular weight is 352 g/mol. The summed E-state index contributed by atoms with van der Waals surface area (Å²) in [5, 5.41) is 9.79. The summed E-state index contributed by atoms with van der Waals surface area (Å²) in [4.78, 5) is 15.9. The molecule has 0 saturated carbocycles. The van der Waals surface area contributed by atoms with Crippen molar-refractivity contribution in [3.05, 3.63) is 71.7 Å². The van der Waals surface area contributed by atoms with E-state index in [-0.39, 0.29) is 11.2 Å².